The number of allylic oxidation sites excluding steroid dienone is 3. The molecule has 0 bridgehead atoms. The second kappa shape index (κ2) is 8.04. The third-order valence-electron chi connectivity index (χ3n) is 1.04. The zero-order valence-corrected chi connectivity index (χ0v) is 6.56. The maximum Gasteiger partial charge on any atom is 0.0267 e. The van der Waals surface area contributed by atoms with Crippen LogP contribution < -0.4 is 0 Å². The van der Waals surface area contributed by atoms with Crippen LogP contribution in [0.5, 0.6) is 0 Å². The van der Waals surface area contributed by atoms with Crippen molar-refractivity contribution in [3.63, 3.8) is 0 Å². The quantitative estimate of drug-likeness (QED) is 0.316. The van der Waals surface area contributed by atoms with Crippen LogP contribution in [0.15, 0.2) is 24.8 Å². The lowest BCUT2D eigenvalue weighted by atomic mass is 10.3. The highest BCUT2D eigenvalue weighted by molar-refractivity contribution is 5.03. The predicted molar refractivity (Wildman–Crippen MR) is 46.6 cm³/mol. The average molecular weight is 134 g/mol. The molecule has 0 heteroatoms. The number of unbranched alkanes of at least 4 members (excludes halogenated alkanes) is 1. The van der Waals surface area contributed by atoms with E-state index in [-0.39, 0.29) is 0 Å². The van der Waals surface area contributed by atoms with E-state index in [4.69, 9.17) is 0 Å². The summed E-state index contributed by atoms with van der Waals surface area (Å²) in [7, 11) is 0. The van der Waals surface area contributed by atoms with Crippen molar-refractivity contribution in [1.82, 2.24) is 0 Å². The number of rotatable bonds is 3. The van der Waals surface area contributed by atoms with Gasteiger partial charge in [-0.1, -0.05) is 24.1 Å². The summed E-state index contributed by atoms with van der Waals surface area (Å²) in [5, 5.41) is 0. The monoisotopic (exact) mass is 134 g/mol. The smallest absolute Gasteiger partial charge is 0.0267 e. The Kier molecular flexibility index (Phi) is 7.27. The molecule has 0 heterocycles. The SMILES string of the molecule is C=CCC#CCC/C=C\C. The zero-order valence-electron chi connectivity index (χ0n) is 6.56. The summed E-state index contributed by atoms with van der Waals surface area (Å²) in [6, 6.07) is 0. The molecular formula is C10H14. The van der Waals surface area contributed by atoms with Gasteiger partial charge in [-0.25, -0.2) is 0 Å². The van der Waals surface area contributed by atoms with E-state index in [1.54, 1.807) is 0 Å². The minimum Gasteiger partial charge on any atom is -0.103 e. The molecular weight excluding hydrogens is 120 g/mol. The molecule has 0 aromatic heterocycles. The van der Waals surface area contributed by atoms with Gasteiger partial charge in [0.05, 0.1) is 0 Å². The molecule has 0 aliphatic carbocycles. The molecule has 0 radical (unpaired) electrons. The van der Waals surface area contributed by atoms with Gasteiger partial charge in [0.1, 0.15) is 0 Å². The average Bonchev–Trinajstić information content (AvgIpc) is 1.97. The summed E-state index contributed by atoms with van der Waals surface area (Å²) < 4.78 is 0. The summed E-state index contributed by atoms with van der Waals surface area (Å²) in [5.74, 6) is 6.04. The molecule has 0 amide bonds. The van der Waals surface area contributed by atoms with E-state index in [1.165, 1.54) is 0 Å². The van der Waals surface area contributed by atoms with Crippen molar-refractivity contribution in [2.24, 2.45) is 0 Å². The van der Waals surface area contributed by atoms with Crippen LogP contribution in [-0.2, 0) is 0 Å². The number of hydrogen-bond acceptors (Lipinski definition) is 0. The van der Waals surface area contributed by atoms with Crippen molar-refractivity contribution >= 4 is 0 Å². The van der Waals surface area contributed by atoms with Crippen molar-refractivity contribution in [3.05, 3.63) is 24.8 Å². The van der Waals surface area contributed by atoms with Crippen LogP contribution >= 0.6 is 0 Å². The van der Waals surface area contributed by atoms with E-state index in [0.717, 1.165) is 19.3 Å². The lowest BCUT2D eigenvalue weighted by molar-refractivity contribution is 1.08. The third kappa shape index (κ3) is 7.04. The molecule has 0 aliphatic heterocycles. The molecule has 0 aliphatic rings. The first-order chi connectivity index (χ1) is 4.91. The van der Waals surface area contributed by atoms with Crippen LogP contribution in [0.2, 0.25) is 0 Å². The molecule has 10 heavy (non-hydrogen) atoms. The van der Waals surface area contributed by atoms with Gasteiger partial charge in [-0.05, 0) is 13.3 Å². The van der Waals surface area contributed by atoms with Gasteiger partial charge in [-0.15, -0.1) is 12.5 Å². The molecule has 0 saturated heterocycles. The highest BCUT2D eigenvalue weighted by atomic mass is 13.8. The molecule has 0 aromatic carbocycles. The highest BCUT2D eigenvalue weighted by Gasteiger charge is 1.71. The molecule has 0 saturated carbocycles. The Bertz CT molecular complexity index is 153. The summed E-state index contributed by atoms with van der Waals surface area (Å²) in [6.45, 7) is 5.60. The summed E-state index contributed by atoms with van der Waals surface area (Å²) in [6.07, 6.45) is 8.86. The second-order valence-corrected chi connectivity index (χ2v) is 1.95. The summed E-state index contributed by atoms with van der Waals surface area (Å²) in [4.78, 5) is 0. The zero-order chi connectivity index (χ0) is 7.66. The maximum atomic E-state index is 3.58. The van der Waals surface area contributed by atoms with E-state index in [0.29, 0.717) is 0 Å². The lowest BCUT2D eigenvalue weighted by Crippen LogP contribution is -1.64. The highest BCUT2D eigenvalue weighted by Crippen LogP contribution is 1.88. The van der Waals surface area contributed by atoms with Gasteiger partial charge in [0.25, 0.3) is 0 Å². The van der Waals surface area contributed by atoms with Crippen LogP contribution in [-0.4, -0.2) is 0 Å². The van der Waals surface area contributed by atoms with Crippen molar-refractivity contribution in [3.8, 4) is 11.8 Å². The Morgan fingerprint density at radius 2 is 2.20 bits per heavy atom. The summed E-state index contributed by atoms with van der Waals surface area (Å²) in [5.41, 5.74) is 0. The van der Waals surface area contributed by atoms with E-state index in [2.05, 4.69) is 30.6 Å². The van der Waals surface area contributed by atoms with E-state index >= 15 is 0 Å². The van der Waals surface area contributed by atoms with E-state index in [9.17, 15) is 0 Å². The first-order valence-electron chi connectivity index (χ1n) is 3.59. The second-order valence-electron chi connectivity index (χ2n) is 1.95. The van der Waals surface area contributed by atoms with Crippen molar-refractivity contribution in [2.45, 2.75) is 26.2 Å². The first-order valence-corrected chi connectivity index (χ1v) is 3.59. The molecule has 0 aromatic rings. The third-order valence-corrected chi connectivity index (χ3v) is 1.04. The first kappa shape index (κ1) is 9.04. The summed E-state index contributed by atoms with van der Waals surface area (Å²) >= 11 is 0. The van der Waals surface area contributed by atoms with Crippen LogP contribution in [0, 0.1) is 11.8 Å². The van der Waals surface area contributed by atoms with Gasteiger partial charge in [0.2, 0.25) is 0 Å². The van der Waals surface area contributed by atoms with Gasteiger partial charge < -0.3 is 0 Å². The fraction of sp³-hybridized carbons (Fsp3) is 0.400. The Morgan fingerprint density at radius 1 is 1.40 bits per heavy atom. The van der Waals surface area contributed by atoms with Crippen molar-refractivity contribution < 1.29 is 0 Å². The Hall–Kier alpha value is -0.960. The topological polar surface area (TPSA) is 0 Å². The van der Waals surface area contributed by atoms with Crippen LogP contribution in [0.3, 0.4) is 0 Å². The van der Waals surface area contributed by atoms with Crippen molar-refractivity contribution in [1.29, 1.82) is 0 Å². The molecule has 0 spiro atoms. The predicted octanol–water partition coefficient (Wildman–Crippen LogP) is 2.92. The van der Waals surface area contributed by atoms with E-state index in [1.807, 2.05) is 13.0 Å². The fourth-order valence-electron chi connectivity index (χ4n) is 0.555. The van der Waals surface area contributed by atoms with Gasteiger partial charge in [-0.3, -0.25) is 0 Å². The standard InChI is InChI=1S/C10H14/c1-3-5-7-9-10-8-6-4-2/h3-4,6H,1,5,8,10H2,2H3/b6-4-. The van der Waals surface area contributed by atoms with Gasteiger partial charge in [0.15, 0.2) is 0 Å². The normalized spacial score (nSPS) is 8.90. The van der Waals surface area contributed by atoms with Gasteiger partial charge in [-0.2, -0.15) is 0 Å². The molecule has 0 N–H and O–H groups in total. The largest absolute Gasteiger partial charge is 0.103 e. The van der Waals surface area contributed by atoms with Gasteiger partial charge in [0, 0.05) is 12.8 Å². The molecule has 0 nitrogen and oxygen atoms in total. The van der Waals surface area contributed by atoms with Crippen molar-refractivity contribution in [2.75, 3.05) is 0 Å². The molecule has 0 unspecified atom stereocenters. The Morgan fingerprint density at radius 3 is 2.80 bits per heavy atom. The number of hydrogen-bond donors (Lipinski definition) is 0. The lowest BCUT2D eigenvalue weighted by Gasteiger charge is -1.79. The van der Waals surface area contributed by atoms with Crippen LogP contribution in [0.4, 0.5) is 0 Å². The molecule has 54 valence electrons. The minimum atomic E-state index is 0.815. The van der Waals surface area contributed by atoms with Crippen LogP contribution in [0.25, 0.3) is 0 Å². The minimum absolute atomic E-state index is 0.815. The molecule has 0 fully saturated rings. The van der Waals surface area contributed by atoms with E-state index < -0.39 is 0 Å². The van der Waals surface area contributed by atoms with Crippen LogP contribution in [0.1, 0.15) is 26.2 Å². The Balaban J connectivity index is 3.19. The molecule has 0 atom stereocenters. The maximum absolute atomic E-state index is 3.58. The molecule has 0 rings (SSSR count). The van der Waals surface area contributed by atoms with Gasteiger partial charge >= 0.3 is 0 Å². The Labute approximate surface area is 63.6 Å². The fourth-order valence-corrected chi connectivity index (χ4v) is 0.555.